The van der Waals surface area contributed by atoms with Crippen molar-refractivity contribution in [2.24, 2.45) is 5.73 Å². The van der Waals surface area contributed by atoms with Gasteiger partial charge in [0, 0.05) is 25.0 Å². The number of hydrogen-bond donors (Lipinski definition) is 1. The summed E-state index contributed by atoms with van der Waals surface area (Å²) >= 11 is 0. The minimum Gasteiger partial charge on any atom is -0.339 e. The van der Waals surface area contributed by atoms with Crippen LogP contribution in [-0.4, -0.2) is 29.4 Å². The summed E-state index contributed by atoms with van der Waals surface area (Å²) in [6.45, 7) is 2.93. The average Bonchev–Trinajstić information content (AvgIpc) is 2.88. The Morgan fingerprint density at radius 1 is 1.42 bits per heavy atom. The van der Waals surface area contributed by atoms with Gasteiger partial charge < -0.3 is 10.6 Å². The molecule has 1 saturated heterocycles. The lowest BCUT2D eigenvalue weighted by molar-refractivity contribution is -0.132. The van der Waals surface area contributed by atoms with Crippen LogP contribution in [0.25, 0.3) is 0 Å². The summed E-state index contributed by atoms with van der Waals surface area (Å²) in [4.78, 5) is 14.3. The van der Waals surface area contributed by atoms with Gasteiger partial charge in [0.1, 0.15) is 0 Å². The Balaban J connectivity index is 1.95. The van der Waals surface area contributed by atoms with Gasteiger partial charge in [-0.05, 0) is 31.2 Å². The van der Waals surface area contributed by atoms with Gasteiger partial charge in [-0.25, -0.2) is 0 Å². The standard InChI is InChI=1S/C16H24N2O/c1-2-14(17)12-16(19)18-10-6-9-15(18)11-13-7-4-3-5-8-13/h3-5,7-8,14-15H,2,6,9-12,17H2,1H3. The van der Waals surface area contributed by atoms with Crippen LogP contribution in [-0.2, 0) is 11.2 Å². The Labute approximate surface area is 115 Å². The molecule has 1 heterocycles. The Hall–Kier alpha value is -1.35. The van der Waals surface area contributed by atoms with Crippen molar-refractivity contribution in [2.45, 2.75) is 51.1 Å². The average molecular weight is 260 g/mol. The zero-order chi connectivity index (χ0) is 13.7. The number of hydrogen-bond acceptors (Lipinski definition) is 2. The number of carbonyl (C=O) groups excluding carboxylic acids is 1. The van der Waals surface area contributed by atoms with Crippen molar-refractivity contribution >= 4 is 5.91 Å². The SMILES string of the molecule is CCC(N)CC(=O)N1CCCC1Cc1ccccc1. The molecule has 104 valence electrons. The first-order valence-corrected chi connectivity index (χ1v) is 7.29. The summed E-state index contributed by atoms with van der Waals surface area (Å²) in [7, 11) is 0. The Bertz CT molecular complexity index is 404. The van der Waals surface area contributed by atoms with E-state index in [0.717, 1.165) is 32.2 Å². The van der Waals surface area contributed by atoms with Crippen molar-refractivity contribution in [3.8, 4) is 0 Å². The van der Waals surface area contributed by atoms with Crippen molar-refractivity contribution < 1.29 is 4.79 Å². The third-order valence-corrected chi connectivity index (χ3v) is 3.97. The second-order valence-electron chi connectivity index (χ2n) is 5.45. The van der Waals surface area contributed by atoms with E-state index in [-0.39, 0.29) is 11.9 Å². The first-order chi connectivity index (χ1) is 9.20. The maximum absolute atomic E-state index is 12.3. The van der Waals surface area contributed by atoms with Crippen LogP contribution in [0.3, 0.4) is 0 Å². The molecule has 3 heteroatoms. The first kappa shape index (κ1) is 14.1. The van der Waals surface area contributed by atoms with Gasteiger partial charge in [0.2, 0.25) is 5.91 Å². The van der Waals surface area contributed by atoms with E-state index in [2.05, 4.69) is 24.3 Å². The highest BCUT2D eigenvalue weighted by molar-refractivity contribution is 5.77. The largest absolute Gasteiger partial charge is 0.339 e. The van der Waals surface area contributed by atoms with Gasteiger partial charge >= 0.3 is 0 Å². The van der Waals surface area contributed by atoms with Gasteiger partial charge in [-0.15, -0.1) is 0 Å². The summed E-state index contributed by atoms with van der Waals surface area (Å²) in [5, 5.41) is 0. The van der Waals surface area contributed by atoms with E-state index >= 15 is 0 Å². The lowest BCUT2D eigenvalue weighted by atomic mass is 10.0. The van der Waals surface area contributed by atoms with E-state index in [9.17, 15) is 4.79 Å². The van der Waals surface area contributed by atoms with Gasteiger partial charge in [0.15, 0.2) is 0 Å². The monoisotopic (exact) mass is 260 g/mol. The molecule has 1 aliphatic heterocycles. The lowest BCUT2D eigenvalue weighted by Gasteiger charge is -2.26. The minimum absolute atomic E-state index is 0.00507. The van der Waals surface area contributed by atoms with E-state index < -0.39 is 0 Å². The van der Waals surface area contributed by atoms with Gasteiger partial charge in [0.05, 0.1) is 0 Å². The predicted octanol–water partition coefficient (Wildman–Crippen LogP) is 2.35. The maximum Gasteiger partial charge on any atom is 0.224 e. The van der Waals surface area contributed by atoms with Crippen molar-refractivity contribution in [2.75, 3.05) is 6.54 Å². The van der Waals surface area contributed by atoms with Crippen LogP contribution in [0.4, 0.5) is 0 Å². The van der Waals surface area contributed by atoms with Gasteiger partial charge in [-0.1, -0.05) is 37.3 Å². The smallest absolute Gasteiger partial charge is 0.224 e. The van der Waals surface area contributed by atoms with Crippen molar-refractivity contribution in [3.05, 3.63) is 35.9 Å². The van der Waals surface area contributed by atoms with Crippen molar-refractivity contribution in [1.82, 2.24) is 4.90 Å². The van der Waals surface area contributed by atoms with Crippen LogP contribution in [0, 0.1) is 0 Å². The molecule has 0 spiro atoms. The summed E-state index contributed by atoms with van der Waals surface area (Å²) in [5.41, 5.74) is 7.20. The molecule has 19 heavy (non-hydrogen) atoms. The Kier molecular flexibility index (Phi) is 4.97. The summed E-state index contributed by atoms with van der Waals surface area (Å²) < 4.78 is 0. The zero-order valence-electron chi connectivity index (χ0n) is 11.7. The predicted molar refractivity (Wildman–Crippen MR) is 77.8 cm³/mol. The van der Waals surface area contributed by atoms with E-state index in [1.165, 1.54) is 5.56 Å². The molecule has 0 bridgehead atoms. The van der Waals surface area contributed by atoms with Crippen LogP contribution >= 0.6 is 0 Å². The molecule has 1 aliphatic rings. The molecule has 1 aromatic rings. The van der Waals surface area contributed by atoms with Gasteiger partial charge in [0.25, 0.3) is 0 Å². The molecule has 0 radical (unpaired) electrons. The van der Waals surface area contributed by atoms with E-state index in [0.29, 0.717) is 12.5 Å². The third-order valence-electron chi connectivity index (χ3n) is 3.97. The van der Waals surface area contributed by atoms with Crippen LogP contribution in [0.15, 0.2) is 30.3 Å². The molecule has 0 aliphatic carbocycles. The summed E-state index contributed by atoms with van der Waals surface area (Å²) in [6.07, 6.45) is 4.55. The number of nitrogens with two attached hydrogens (primary N) is 1. The summed E-state index contributed by atoms with van der Waals surface area (Å²) in [6, 6.07) is 10.8. The molecule has 1 fully saturated rings. The molecular weight excluding hydrogens is 236 g/mol. The van der Waals surface area contributed by atoms with Gasteiger partial charge in [-0.3, -0.25) is 4.79 Å². The topological polar surface area (TPSA) is 46.3 Å². The molecule has 3 nitrogen and oxygen atoms in total. The fourth-order valence-electron chi connectivity index (χ4n) is 2.75. The number of likely N-dealkylation sites (tertiary alicyclic amines) is 1. The van der Waals surface area contributed by atoms with E-state index in [4.69, 9.17) is 5.73 Å². The van der Waals surface area contributed by atoms with Crippen LogP contribution in [0.5, 0.6) is 0 Å². The molecule has 0 aromatic heterocycles. The third kappa shape index (κ3) is 3.80. The molecular formula is C16H24N2O. The fourth-order valence-corrected chi connectivity index (χ4v) is 2.75. The van der Waals surface area contributed by atoms with E-state index in [1.807, 2.05) is 17.9 Å². The van der Waals surface area contributed by atoms with Crippen molar-refractivity contribution in [1.29, 1.82) is 0 Å². The van der Waals surface area contributed by atoms with Crippen LogP contribution < -0.4 is 5.73 Å². The quantitative estimate of drug-likeness (QED) is 0.883. The van der Waals surface area contributed by atoms with Crippen molar-refractivity contribution in [3.63, 3.8) is 0 Å². The fraction of sp³-hybridized carbons (Fsp3) is 0.562. The first-order valence-electron chi connectivity index (χ1n) is 7.29. The van der Waals surface area contributed by atoms with E-state index in [1.54, 1.807) is 0 Å². The molecule has 1 aromatic carbocycles. The second kappa shape index (κ2) is 6.71. The second-order valence-corrected chi connectivity index (χ2v) is 5.45. The Morgan fingerprint density at radius 3 is 2.84 bits per heavy atom. The number of benzene rings is 1. The minimum atomic E-state index is 0.00507. The number of amides is 1. The molecule has 2 rings (SSSR count). The number of rotatable bonds is 5. The maximum atomic E-state index is 12.3. The number of nitrogens with zero attached hydrogens (tertiary/aromatic N) is 1. The highest BCUT2D eigenvalue weighted by Crippen LogP contribution is 2.22. The molecule has 2 unspecified atom stereocenters. The molecule has 0 saturated carbocycles. The molecule has 2 N–H and O–H groups in total. The van der Waals surface area contributed by atoms with Crippen LogP contribution in [0.1, 0.15) is 38.2 Å². The highest BCUT2D eigenvalue weighted by Gasteiger charge is 2.29. The number of carbonyl (C=O) groups is 1. The highest BCUT2D eigenvalue weighted by atomic mass is 16.2. The molecule has 1 amide bonds. The van der Waals surface area contributed by atoms with Gasteiger partial charge in [-0.2, -0.15) is 0 Å². The van der Waals surface area contributed by atoms with Crippen LogP contribution in [0.2, 0.25) is 0 Å². The normalized spacial score (nSPS) is 20.5. The molecule has 2 atom stereocenters. The summed E-state index contributed by atoms with van der Waals surface area (Å²) in [5.74, 6) is 0.229. The Morgan fingerprint density at radius 2 is 2.16 bits per heavy atom. The zero-order valence-corrected chi connectivity index (χ0v) is 11.7. The lowest BCUT2D eigenvalue weighted by Crippen LogP contribution is -2.39.